The number of benzene rings is 1. The van der Waals surface area contributed by atoms with Crippen LogP contribution in [0.1, 0.15) is 17.4 Å². The van der Waals surface area contributed by atoms with Crippen LogP contribution in [0, 0.1) is 0 Å². The average Bonchev–Trinajstić information content (AvgIpc) is 3.17. The first-order chi connectivity index (χ1) is 14.0. The molecule has 1 amide bonds. The van der Waals surface area contributed by atoms with Gasteiger partial charge < -0.3 is 14.7 Å². The van der Waals surface area contributed by atoms with Crippen LogP contribution >= 0.6 is 11.3 Å². The lowest BCUT2D eigenvalue weighted by Crippen LogP contribution is -2.49. The molecule has 1 saturated heterocycles. The van der Waals surface area contributed by atoms with Crippen molar-refractivity contribution in [2.45, 2.75) is 19.8 Å². The highest BCUT2D eigenvalue weighted by atomic mass is 32.1. The van der Waals surface area contributed by atoms with Crippen molar-refractivity contribution in [3.8, 4) is 0 Å². The van der Waals surface area contributed by atoms with Crippen LogP contribution in [0.5, 0.6) is 0 Å². The van der Waals surface area contributed by atoms with Crippen molar-refractivity contribution in [1.82, 2.24) is 14.9 Å². The van der Waals surface area contributed by atoms with Gasteiger partial charge in [0.15, 0.2) is 0 Å². The Labute approximate surface area is 175 Å². The second-order valence-electron chi connectivity index (χ2n) is 7.56. The van der Waals surface area contributed by atoms with Crippen LogP contribution < -0.4 is 9.80 Å². The second-order valence-corrected chi connectivity index (χ2v) is 8.67. The largest absolute Gasteiger partial charge is 0.352 e. The summed E-state index contributed by atoms with van der Waals surface area (Å²) in [5, 5.41) is 1.13. The zero-order valence-corrected chi connectivity index (χ0v) is 18.1. The molecule has 1 aliphatic heterocycles. The SMILES string of the molecule is CCc1cc2c(N3CCN(C(=O)Cc4ccccc4)CC3)nc(N(C)C)nc2s1. The van der Waals surface area contributed by atoms with E-state index in [0.29, 0.717) is 6.42 Å². The Hall–Kier alpha value is -2.67. The summed E-state index contributed by atoms with van der Waals surface area (Å²) < 4.78 is 0. The fourth-order valence-electron chi connectivity index (χ4n) is 3.61. The highest BCUT2D eigenvalue weighted by Crippen LogP contribution is 2.33. The van der Waals surface area contributed by atoms with Gasteiger partial charge in [0.25, 0.3) is 0 Å². The van der Waals surface area contributed by atoms with Crippen LogP contribution in [0.4, 0.5) is 11.8 Å². The third kappa shape index (κ3) is 4.19. The smallest absolute Gasteiger partial charge is 0.228 e. The summed E-state index contributed by atoms with van der Waals surface area (Å²) in [6, 6.07) is 12.2. The topological polar surface area (TPSA) is 52.6 Å². The standard InChI is InChI=1S/C22H27N5OS/c1-4-17-15-18-20(23-22(25(2)3)24-21(18)29-17)27-12-10-26(11-13-27)19(28)14-16-8-6-5-7-9-16/h5-9,15H,4,10-14H2,1-3H3. The minimum Gasteiger partial charge on any atom is -0.352 e. The molecule has 29 heavy (non-hydrogen) atoms. The number of fused-ring (bicyclic) bond motifs is 1. The zero-order chi connectivity index (χ0) is 20.4. The van der Waals surface area contributed by atoms with Gasteiger partial charge in [-0.15, -0.1) is 11.3 Å². The van der Waals surface area contributed by atoms with Gasteiger partial charge in [-0.25, -0.2) is 4.98 Å². The van der Waals surface area contributed by atoms with Crippen molar-refractivity contribution < 1.29 is 4.79 Å². The Morgan fingerprint density at radius 3 is 2.48 bits per heavy atom. The number of hydrogen-bond acceptors (Lipinski definition) is 6. The monoisotopic (exact) mass is 409 g/mol. The molecule has 0 aliphatic carbocycles. The van der Waals surface area contributed by atoms with E-state index in [1.165, 1.54) is 4.88 Å². The molecule has 0 spiro atoms. The summed E-state index contributed by atoms with van der Waals surface area (Å²) in [5.74, 6) is 1.92. The lowest BCUT2D eigenvalue weighted by molar-refractivity contribution is -0.130. The van der Waals surface area contributed by atoms with E-state index < -0.39 is 0 Å². The molecule has 3 aromatic rings. The number of anilines is 2. The maximum Gasteiger partial charge on any atom is 0.228 e. The number of carbonyl (C=O) groups excluding carboxylic acids is 1. The van der Waals surface area contributed by atoms with Crippen molar-refractivity contribution in [1.29, 1.82) is 0 Å². The quantitative estimate of drug-likeness (QED) is 0.648. The van der Waals surface area contributed by atoms with E-state index in [-0.39, 0.29) is 5.91 Å². The molecular formula is C22H27N5OS. The first-order valence-corrected chi connectivity index (χ1v) is 10.9. The van der Waals surface area contributed by atoms with Gasteiger partial charge in [0.05, 0.1) is 11.8 Å². The number of hydrogen-bond donors (Lipinski definition) is 0. The molecule has 0 atom stereocenters. The predicted octanol–water partition coefficient (Wildman–Crippen LogP) is 3.21. The molecule has 3 heterocycles. The summed E-state index contributed by atoms with van der Waals surface area (Å²) in [7, 11) is 3.94. The van der Waals surface area contributed by atoms with E-state index in [0.717, 1.165) is 60.1 Å². The lowest BCUT2D eigenvalue weighted by Gasteiger charge is -2.36. The van der Waals surface area contributed by atoms with E-state index in [1.807, 2.05) is 54.2 Å². The number of amides is 1. The number of piperazine rings is 1. The molecule has 1 fully saturated rings. The number of thiophene rings is 1. The van der Waals surface area contributed by atoms with Crippen molar-refractivity contribution in [2.75, 3.05) is 50.1 Å². The minimum absolute atomic E-state index is 0.196. The zero-order valence-electron chi connectivity index (χ0n) is 17.3. The highest BCUT2D eigenvalue weighted by Gasteiger charge is 2.24. The molecule has 0 saturated carbocycles. The lowest BCUT2D eigenvalue weighted by atomic mass is 10.1. The maximum atomic E-state index is 12.7. The van der Waals surface area contributed by atoms with Crippen LogP contribution in [0.15, 0.2) is 36.4 Å². The van der Waals surface area contributed by atoms with E-state index in [4.69, 9.17) is 9.97 Å². The Morgan fingerprint density at radius 1 is 1.10 bits per heavy atom. The Bertz CT molecular complexity index is 993. The molecule has 1 aromatic carbocycles. The van der Waals surface area contributed by atoms with E-state index in [1.54, 1.807) is 11.3 Å². The number of aryl methyl sites for hydroxylation is 1. The third-order valence-corrected chi connectivity index (χ3v) is 6.46. The summed E-state index contributed by atoms with van der Waals surface area (Å²) >= 11 is 1.74. The summed E-state index contributed by atoms with van der Waals surface area (Å²) in [5.41, 5.74) is 1.07. The third-order valence-electron chi connectivity index (χ3n) is 5.29. The van der Waals surface area contributed by atoms with Crippen molar-refractivity contribution in [3.63, 3.8) is 0 Å². The molecular weight excluding hydrogens is 382 g/mol. The van der Waals surface area contributed by atoms with Crippen LogP contribution in [0.2, 0.25) is 0 Å². The van der Waals surface area contributed by atoms with E-state index in [2.05, 4.69) is 17.9 Å². The molecule has 1 aliphatic rings. The van der Waals surface area contributed by atoms with Crippen LogP contribution in [0.25, 0.3) is 10.2 Å². The second kappa shape index (κ2) is 8.37. The molecule has 4 rings (SSSR count). The average molecular weight is 410 g/mol. The van der Waals surface area contributed by atoms with Crippen LogP contribution in [0.3, 0.4) is 0 Å². The first kappa shape index (κ1) is 19.6. The molecule has 7 heteroatoms. The maximum absolute atomic E-state index is 12.7. The number of rotatable bonds is 5. The minimum atomic E-state index is 0.196. The van der Waals surface area contributed by atoms with E-state index >= 15 is 0 Å². The van der Waals surface area contributed by atoms with Gasteiger partial charge in [0.1, 0.15) is 10.6 Å². The predicted molar refractivity (Wildman–Crippen MR) is 120 cm³/mol. The molecule has 0 unspecified atom stereocenters. The molecule has 2 aromatic heterocycles. The Balaban J connectivity index is 1.51. The fourth-order valence-corrected chi connectivity index (χ4v) is 4.57. The Morgan fingerprint density at radius 2 is 1.83 bits per heavy atom. The fraction of sp³-hybridized carbons (Fsp3) is 0.409. The van der Waals surface area contributed by atoms with Gasteiger partial charge in [-0.3, -0.25) is 4.79 Å². The van der Waals surface area contributed by atoms with Gasteiger partial charge in [0, 0.05) is 45.2 Å². The van der Waals surface area contributed by atoms with Gasteiger partial charge in [-0.05, 0) is 18.1 Å². The number of carbonyl (C=O) groups is 1. The molecule has 0 bridgehead atoms. The van der Waals surface area contributed by atoms with Gasteiger partial charge >= 0.3 is 0 Å². The Kier molecular flexibility index (Phi) is 5.67. The van der Waals surface area contributed by atoms with Crippen molar-refractivity contribution in [2.24, 2.45) is 0 Å². The number of nitrogens with zero attached hydrogens (tertiary/aromatic N) is 5. The van der Waals surface area contributed by atoms with Gasteiger partial charge in [-0.2, -0.15) is 4.98 Å². The van der Waals surface area contributed by atoms with Gasteiger partial charge in [0.2, 0.25) is 11.9 Å². The number of aromatic nitrogens is 2. The highest BCUT2D eigenvalue weighted by molar-refractivity contribution is 7.18. The van der Waals surface area contributed by atoms with Gasteiger partial charge in [-0.1, -0.05) is 37.3 Å². The summed E-state index contributed by atoms with van der Waals surface area (Å²) in [4.78, 5) is 30.9. The molecule has 0 N–H and O–H groups in total. The summed E-state index contributed by atoms with van der Waals surface area (Å²) in [6.45, 7) is 5.19. The summed E-state index contributed by atoms with van der Waals surface area (Å²) in [6.07, 6.45) is 1.47. The molecule has 6 nitrogen and oxygen atoms in total. The van der Waals surface area contributed by atoms with Crippen molar-refractivity contribution >= 4 is 39.2 Å². The first-order valence-electron chi connectivity index (χ1n) is 10.1. The molecule has 0 radical (unpaired) electrons. The van der Waals surface area contributed by atoms with Crippen LogP contribution in [-0.2, 0) is 17.6 Å². The van der Waals surface area contributed by atoms with Crippen molar-refractivity contribution in [3.05, 3.63) is 46.8 Å². The normalized spacial score (nSPS) is 14.4. The van der Waals surface area contributed by atoms with E-state index in [9.17, 15) is 4.79 Å². The van der Waals surface area contributed by atoms with Crippen LogP contribution in [-0.4, -0.2) is 61.0 Å². The molecule has 152 valence electrons.